The number of carbonyl (C=O) groups excluding carboxylic acids is 2. The number of furan rings is 1. The summed E-state index contributed by atoms with van der Waals surface area (Å²) in [6.45, 7) is 0.611. The molecule has 0 saturated carbocycles. The van der Waals surface area contributed by atoms with Crippen molar-refractivity contribution in [3.63, 3.8) is 0 Å². The minimum absolute atomic E-state index is 0.241. The summed E-state index contributed by atoms with van der Waals surface area (Å²) in [4.78, 5) is 23.7. The summed E-state index contributed by atoms with van der Waals surface area (Å²) in [6.07, 6.45) is 4.59. The monoisotopic (exact) mass is 324 g/mol. The molecule has 2 heterocycles. The minimum Gasteiger partial charge on any atom is -0.459 e. The Kier molecular flexibility index (Phi) is 4.71. The van der Waals surface area contributed by atoms with E-state index >= 15 is 0 Å². The van der Waals surface area contributed by atoms with Crippen LogP contribution in [0.4, 0.5) is 0 Å². The van der Waals surface area contributed by atoms with Crippen LogP contribution in [-0.2, 0) is 0 Å². The molecule has 0 aliphatic carbocycles. The number of hydrogen-bond donors (Lipinski definition) is 2. The van der Waals surface area contributed by atoms with Crippen molar-refractivity contribution in [1.82, 2.24) is 20.4 Å². The van der Waals surface area contributed by atoms with Crippen molar-refractivity contribution in [2.75, 3.05) is 13.1 Å². The van der Waals surface area contributed by atoms with Crippen LogP contribution in [0.5, 0.6) is 0 Å². The van der Waals surface area contributed by atoms with E-state index in [1.165, 1.54) is 12.5 Å². The van der Waals surface area contributed by atoms with Crippen LogP contribution in [-0.4, -0.2) is 34.7 Å². The molecular formula is C17H16N4O3. The Morgan fingerprint density at radius 2 is 1.75 bits per heavy atom. The Morgan fingerprint density at radius 3 is 2.46 bits per heavy atom. The molecule has 0 atom stereocenters. The lowest BCUT2D eigenvalue weighted by atomic mass is 10.3. The molecule has 1 aromatic carbocycles. The van der Waals surface area contributed by atoms with Gasteiger partial charge in [-0.1, -0.05) is 18.2 Å². The van der Waals surface area contributed by atoms with Crippen LogP contribution in [0, 0.1) is 0 Å². The van der Waals surface area contributed by atoms with Crippen LogP contribution in [0.2, 0.25) is 0 Å². The van der Waals surface area contributed by atoms with E-state index in [9.17, 15) is 9.59 Å². The van der Waals surface area contributed by atoms with Gasteiger partial charge in [-0.05, 0) is 24.3 Å². The quantitative estimate of drug-likeness (QED) is 0.674. The molecule has 2 aromatic heterocycles. The topological polar surface area (TPSA) is 89.2 Å². The molecule has 0 spiro atoms. The number of nitrogens with zero attached hydrogens (tertiary/aromatic N) is 2. The van der Waals surface area contributed by atoms with Gasteiger partial charge in [0.05, 0.1) is 23.7 Å². The van der Waals surface area contributed by atoms with E-state index in [1.54, 1.807) is 23.0 Å². The molecular weight excluding hydrogens is 308 g/mol. The van der Waals surface area contributed by atoms with Gasteiger partial charge in [0.25, 0.3) is 11.8 Å². The zero-order valence-corrected chi connectivity index (χ0v) is 12.8. The first-order valence-electron chi connectivity index (χ1n) is 7.44. The van der Waals surface area contributed by atoms with Crippen LogP contribution >= 0.6 is 0 Å². The molecule has 0 radical (unpaired) electrons. The molecule has 0 aliphatic heterocycles. The lowest BCUT2D eigenvalue weighted by Crippen LogP contribution is -2.34. The fraction of sp³-hybridized carbons (Fsp3) is 0.118. The molecule has 0 fully saturated rings. The van der Waals surface area contributed by atoms with Crippen LogP contribution in [0.1, 0.15) is 20.9 Å². The summed E-state index contributed by atoms with van der Waals surface area (Å²) in [5.74, 6) is -0.318. The van der Waals surface area contributed by atoms with Gasteiger partial charge in [0.1, 0.15) is 0 Å². The number of hydrogen-bond acceptors (Lipinski definition) is 4. The number of amides is 2. The molecule has 7 nitrogen and oxygen atoms in total. The number of rotatable bonds is 6. The Morgan fingerprint density at radius 1 is 1.00 bits per heavy atom. The summed E-state index contributed by atoms with van der Waals surface area (Å²) >= 11 is 0. The Balaban J connectivity index is 1.47. The number of para-hydroxylation sites is 1. The highest BCUT2D eigenvalue weighted by molar-refractivity contribution is 5.94. The number of aromatic nitrogens is 2. The van der Waals surface area contributed by atoms with Crippen molar-refractivity contribution in [2.24, 2.45) is 0 Å². The second-order valence-electron chi connectivity index (χ2n) is 5.00. The first kappa shape index (κ1) is 15.5. The fourth-order valence-electron chi connectivity index (χ4n) is 2.11. The van der Waals surface area contributed by atoms with E-state index < -0.39 is 0 Å². The largest absolute Gasteiger partial charge is 0.459 e. The van der Waals surface area contributed by atoms with E-state index in [2.05, 4.69) is 15.7 Å². The molecule has 0 bridgehead atoms. The standard InChI is InChI=1S/C17H16N4O3/c22-16(18-8-9-19-17(23)15-7-4-10-24-15)13-11-20-21(12-13)14-5-2-1-3-6-14/h1-7,10-12H,8-9H2,(H,18,22)(H,19,23). The predicted octanol–water partition coefficient (Wildman–Crippen LogP) is 1.63. The molecule has 0 aliphatic rings. The molecule has 2 N–H and O–H groups in total. The van der Waals surface area contributed by atoms with Gasteiger partial charge in [-0.25, -0.2) is 4.68 Å². The zero-order valence-electron chi connectivity index (χ0n) is 12.8. The van der Waals surface area contributed by atoms with Gasteiger partial charge in [0.2, 0.25) is 0 Å². The first-order valence-corrected chi connectivity index (χ1v) is 7.44. The van der Waals surface area contributed by atoms with Gasteiger partial charge in [-0.3, -0.25) is 9.59 Å². The Bertz CT molecular complexity index is 810. The predicted molar refractivity (Wildman–Crippen MR) is 86.9 cm³/mol. The second-order valence-corrected chi connectivity index (χ2v) is 5.00. The first-order chi connectivity index (χ1) is 11.7. The van der Waals surface area contributed by atoms with Gasteiger partial charge < -0.3 is 15.1 Å². The highest BCUT2D eigenvalue weighted by Gasteiger charge is 2.10. The highest BCUT2D eigenvalue weighted by Crippen LogP contribution is 2.07. The van der Waals surface area contributed by atoms with Crippen molar-refractivity contribution < 1.29 is 14.0 Å². The highest BCUT2D eigenvalue weighted by atomic mass is 16.3. The SMILES string of the molecule is O=C(NCCNC(=O)c1ccco1)c1cnn(-c2ccccc2)c1. The smallest absolute Gasteiger partial charge is 0.287 e. The van der Waals surface area contributed by atoms with Gasteiger partial charge in [0, 0.05) is 19.3 Å². The third-order valence-corrected chi connectivity index (χ3v) is 3.31. The maximum atomic E-state index is 12.1. The van der Waals surface area contributed by atoms with Gasteiger partial charge >= 0.3 is 0 Å². The van der Waals surface area contributed by atoms with E-state index in [-0.39, 0.29) is 17.6 Å². The number of carbonyl (C=O) groups is 2. The molecule has 3 aromatic rings. The van der Waals surface area contributed by atoms with Crippen molar-refractivity contribution >= 4 is 11.8 Å². The average Bonchev–Trinajstić information content (AvgIpc) is 3.31. The van der Waals surface area contributed by atoms with Gasteiger partial charge in [0.15, 0.2) is 5.76 Å². The molecule has 0 saturated heterocycles. The molecule has 24 heavy (non-hydrogen) atoms. The van der Waals surface area contributed by atoms with Crippen LogP contribution in [0.15, 0.2) is 65.5 Å². The van der Waals surface area contributed by atoms with Crippen molar-refractivity contribution in [3.05, 3.63) is 72.4 Å². The number of benzene rings is 1. The average molecular weight is 324 g/mol. The third-order valence-electron chi connectivity index (χ3n) is 3.31. The van der Waals surface area contributed by atoms with E-state index in [4.69, 9.17) is 4.42 Å². The lowest BCUT2D eigenvalue weighted by molar-refractivity contribution is 0.0910. The van der Waals surface area contributed by atoms with Gasteiger partial charge in [-0.2, -0.15) is 5.10 Å². The Hall–Kier alpha value is -3.35. The second kappa shape index (κ2) is 7.28. The lowest BCUT2D eigenvalue weighted by Gasteiger charge is -2.05. The van der Waals surface area contributed by atoms with E-state index in [0.29, 0.717) is 18.7 Å². The Labute approximate surface area is 138 Å². The summed E-state index contributed by atoms with van der Waals surface area (Å²) in [7, 11) is 0. The summed E-state index contributed by atoms with van der Waals surface area (Å²) in [6, 6.07) is 12.7. The normalized spacial score (nSPS) is 10.3. The maximum absolute atomic E-state index is 12.1. The maximum Gasteiger partial charge on any atom is 0.287 e. The molecule has 3 rings (SSSR count). The van der Waals surface area contributed by atoms with Crippen LogP contribution in [0.25, 0.3) is 5.69 Å². The number of nitrogens with one attached hydrogen (secondary N) is 2. The van der Waals surface area contributed by atoms with Crippen LogP contribution < -0.4 is 10.6 Å². The minimum atomic E-state index is -0.314. The molecule has 7 heteroatoms. The van der Waals surface area contributed by atoms with Gasteiger partial charge in [-0.15, -0.1) is 0 Å². The summed E-state index contributed by atoms with van der Waals surface area (Å²) < 4.78 is 6.61. The fourth-order valence-corrected chi connectivity index (χ4v) is 2.11. The van der Waals surface area contributed by atoms with Crippen molar-refractivity contribution in [2.45, 2.75) is 0 Å². The van der Waals surface area contributed by atoms with Crippen molar-refractivity contribution in [3.8, 4) is 5.69 Å². The zero-order chi connectivity index (χ0) is 16.8. The molecule has 0 unspecified atom stereocenters. The van der Waals surface area contributed by atoms with Crippen molar-refractivity contribution in [1.29, 1.82) is 0 Å². The summed E-state index contributed by atoms with van der Waals surface area (Å²) in [5, 5.41) is 9.55. The van der Waals surface area contributed by atoms with E-state index in [0.717, 1.165) is 5.69 Å². The molecule has 122 valence electrons. The van der Waals surface area contributed by atoms with E-state index in [1.807, 2.05) is 30.3 Å². The third kappa shape index (κ3) is 3.70. The summed E-state index contributed by atoms with van der Waals surface area (Å²) in [5.41, 5.74) is 1.33. The van der Waals surface area contributed by atoms with Crippen LogP contribution in [0.3, 0.4) is 0 Å². The molecule has 2 amide bonds.